The number of amides is 1. The van der Waals surface area contributed by atoms with Crippen LogP contribution in [0, 0.1) is 0 Å². The molecule has 230 valence electrons. The Kier molecular flexibility index (Phi) is 8.86. The topological polar surface area (TPSA) is 97.8 Å². The van der Waals surface area contributed by atoms with E-state index in [0.717, 1.165) is 36.5 Å². The molecule has 3 heterocycles. The van der Waals surface area contributed by atoms with Crippen LogP contribution in [0.25, 0.3) is 5.76 Å². The Morgan fingerprint density at radius 1 is 0.977 bits per heavy atom. The molecule has 6 rings (SSSR count). The molecule has 1 N–H and O–H groups in total. The standard InChI is InChI=1S/C35H38N2O7/c1-23-19-27-20-26(10-11-28(27)44-23)33(38)31-32(37(35(40)34(31)39)14-6-13-36-15-17-42-18-16-36)25-9-12-29(30(21-25)41-2)43-22-24-7-4-3-5-8-24/h3-5,7-12,20-21,23,32,38H,6,13-19,22H2,1-2H3/t23-,32+/m0/s1. The van der Waals surface area contributed by atoms with E-state index in [9.17, 15) is 14.7 Å². The van der Waals surface area contributed by atoms with E-state index < -0.39 is 17.7 Å². The average Bonchev–Trinajstić information content (AvgIpc) is 3.55. The van der Waals surface area contributed by atoms with Gasteiger partial charge in [0.25, 0.3) is 11.7 Å². The minimum atomic E-state index is -0.791. The highest BCUT2D eigenvalue weighted by Crippen LogP contribution is 2.43. The lowest BCUT2D eigenvalue weighted by molar-refractivity contribution is -0.140. The number of carbonyl (C=O) groups excluding carboxylic acids is 2. The first-order valence-corrected chi connectivity index (χ1v) is 15.2. The van der Waals surface area contributed by atoms with E-state index in [0.29, 0.717) is 61.8 Å². The zero-order valence-corrected chi connectivity index (χ0v) is 25.2. The van der Waals surface area contributed by atoms with Gasteiger partial charge in [0.15, 0.2) is 11.5 Å². The van der Waals surface area contributed by atoms with Gasteiger partial charge in [-0.1, -0.05) is 36.4 Å². The van der Waals surface area contributed by atoms with Crippen LogP contribution in [0.15, 0.2) is 72.3 Å². The van der Waals surface area contributed by atoms with Crippen molar-refractivity contribution in [1.29, 1.82) is 0 Å². The summed E-state index contributed by atoms with van der Waals surface area (Å²) in [5.74, 6) is 0.255. The normalized spacial score (nSPS) is 21.3. The molecule has 0 radical (unpaired) electrons. The van der Waals surface area contributed by atoms with E-state index in [1.165, 1.54) is 0 Å². The molecule has 0 bridgehead atoms. The van der Waals surface area contributed by atoms with Crippen LogP contribution < -0.4 is 14.2 Å². The lowest BCUT2D eigenvalue weighted by Gasteiger charge is -2.29. The maximum absolute atomic E-state index is 13.6. The quantitative estimate of drug-likeness (QED) is 0.203. The number of Topliss-reactive ketones (excluding diaryl/α,β-unsaturated/α-hetero) is 1. The molecule has 2 saturated heterocycles. The SMILES string of the molecule is COc1cc([C@@H]2C(=C(O)c3ccc4c(c3)C[C@H](C)O4)C(=O)C(=O)N2CCCN2CCOCC2)ccc1OCc1ccccc1. The second-order valence-corrected chi connectivity index (χ2v) is 11.4. The van der Waals surface area contributed by atoms with Gasteiger partial charge < -0.3 is 29.0 Å². The third kappa shape index (κ3) is 6.16. The van der Waals surface area contributed by atoms with Gasteiger partial charge in [-0.2, -0.15) is 0 Å². The number of carbonyl (C=O) groups is 2. The van der Waals surface area contributed by atoms with Crippen molar-refractivity contribution >= 4 is 17.4 Å². The number of fused-ring (bicyclic) bond motifs is 1. The number of ketones is 1. The molecule has 0 saturated carbocycles. The van der Waals surface area contributed by atoms with Crippen molar-refractivity contribution in [3.63, 3.8) is 0 Å². The number of nitrogens with zero attached hydrogens (tertiary/aromatic N) is 2. The predicted molar refractivity (Wildman–Crippen MR) is 165 cm³/mol. The summed E-state index contributed by atoms with van der Waals surface area (Å²) in [5.41, 5.74) is 3.17. The summed E-state index contributed by atoms with van der Waals surface area (Å²) in [7, 11) is 1.56. The fourth-order valence-corrected chi connectivity index (χ4v) is 6.18. The van der Waals surface area contributed by atoms with Gasteiger partial charge >= 0.3 is 0 Å². The minimum absolute atomic E-state index is 0.0366. The molecule has 0 unspecified atom stereocenters. The van der Waals surface area contributed by atoms with Crippen molar-refractivity contribution in [2.75, 3.05) is 46.5 Å². The van der Waals surface area contributed by atoms with Crippen molar-refractivity contribution in [2.45, 2.75) is 38.5 Å². The molecule has 1 amide bonds. The van der Waals surface area contributed by atoms with Crippen LogP contribution >= 0.6 is 0 Å². The van der Waals surface area contributed by atoms with Crippen molar-refractivity contribution in [3.8, 4) is 17.2 Å². The molecule has 0 aromatic heterocycles. The van der Waals surface area contributed by atoms with Crippen LogP contribution in [0.1, 0.15) is 41.6 Å². The number of methoxy groups -OCH3 is 1. The molecule has 3 aromatic carbocycles. The van der Waals surface area contributed by atoms with Gasteiger partial charge in [0, 0.05) is 38.2 Å². The summed E-state index contributed by atoms with van der Waals surface area (Å²) >= 11 is 0. The van der Waals surface area contributed by atoms with E-state index in [2.05, 4.69) is 4.90 Å². The van der Waals surface area contributed by atoms with Crippen LogP contribution in [0.4, 0.5) is 0 Å². The second-order valence-electron chi connectivity index (χ2n) is 11.4. The molecule has 9 nitrogen and oxygen atoms in total. The minimum Gasteiger partial charge on any atom is -0.507 e. The monoisotopic (exact) mass is 598 g/mol. The van der Waals surface area contributed by atoms with E-state index in [-0.39, 0.29) is 17.4 Å². The molecular weight excluding hydrogens is 560 g/mol. The highest BCUT2D eigenvalue weighted by molar-refractivity contribution is 6.46. The Balaban J connectivity index is 1.34. The molecule has 9 heteroatoms. The van der Waals surface area contributed by atoms with Gasteiger partial charge in [0.1, 0.15) is 24.2 Å². The number of aliphatic hydroxyl groups is 1. The summed E-state index contributed by atoms with van der Waals surface area (Å²) < 4.78 is 23.1. The third-order valence-corrected chi connectivity index (χ3v) is 8.43. The van der Waals surface area contributed by atoms with Gasteiger partial charge in [-0.25, -0.2) is 0 Å². The number of hydrogen-bond donors (Lipinski definition) is 1. The molecule has 3 aromatic rings. The summed E-state index contributed by atoms with van der Waals surface area (Å²) in [6.45, 7) is 6.53. The lowest BCUT2D eigenvalue weighted by atomic mass is 9.94. The molecule has 3 aliphatic rings. The lowest BCUT2D eigenvalue weighted by Crippen LogP contribution is -2.39. The van der Waals surface area contributed by atoms with E-state index in [1.807, 2.05) is 55.5 Å². The molecule has 44 heavy (non-hydrogen) atoms. The zero-order valence-electron chi connectivity index (χ0n) is 25.2. The van der Waals surface area contributed by atoms with Gasteiger partial charge in [-0.15, -0.1) is 0 Å². The van der Waals surface area contributed by atoms with Crippen molar-refractivity contribution in [3.05, 3.63) is 94.6 Å². The largest absolute Gasteiger partial charge is 0.507 e. The van der Waals surface area contributed by atoms with Crippen LogP contribution in [-0.4, -0.2) is 79.2 Å². The Hall–Kier alpha value is -4.34. The fraction of sp³-hybridized carbons (Fsp3) is 0.371. The van der Waals surface area contributed by atoms with E-state index >= 15 is 0 Å². The van der Waals surface area contributed by atoms with Crippen molar-refractivity contribution < 1.29 is 33.6 Å². The Labute approximate surface area is 257 Å². The van der Waals surface area contributed by atoms with Crippen molar-refractivity contribution in [1.82, 2.24) is 9.80 Å². The maximum atomic E-state index is 13.6. The molecule has 3 aliphatic heterocycles. The summed E-state index contributed by atoms with van der Waals surface area (Å²) in [6, 6.07) is 19.8. The number of morpholine rings is 1. The highest BCUT2D eigenvalue weighted by Gasteiger charge is 2.46. The Morgan fingerprint density at radius 3 is 2.55 bits per heavy atom. The zero-order chi connectivity index (χ0) is 30.6. The number of likely N-dealkylation sites (tertiary alicyclic amines) is 1. The Morgan fingerprint density at radius 2 is 1.77 bits per heavy atom. The number of hydrogen-bond acceptors (Lipinski definition) is 8. The van der Waals surface area contributed by atoms with Crippen LogP contribution in [0.5, 0.6) is 17.2 Å². The fourth-order valence-electron chi connectivity index (χ4n) is 6.18. The van der Waals surface area contributed by atoms with E-state index in [1.54, 1.807) is 30.2 Å². The highest BCUT2D eigenvalue weighted by atomic mass is 16.5. The third-order valence-electron chi connectivity index (χ3n) is 8.43. The van der Waals surface area contributed by atoms with Gasteiger partial charge in [-0.3, -0.25) is 14.5 Å². The van der Waals surface area contributed by atoms with E-state index in [4.69, 9.17) is 18.9 Å². The summed E-state index contributed by atoms with van der Waals surface area (Å²) in [4.78, 5) is 31.1. The first-order valence-electron chi connectivity index (χ1n) is 15.2. The number of benzene rings is 3. The Bertz CT molecular complexity index is 1550. The molecule has 2 atom stereocenters. The van der Waals surface area contributed by atoms with Crippen molar-refractivity contribution in [2.24, 2.45) is 0 Å². The number of aliphatic hydroxyl groups excluding tert-OH is 1. The number of ether oxygens (including phenoxy) is 4. The summed E-state index contributed by atoms with van der Waals surface area (Å²) in [6.07, 6.45) is 1.42. The van der Waals surface area contributed by atoms with Gasteiger partial charge in [0.05, 0.1) is 31.9 Å². The molecule has 0 aliphatic carbocycles. The molecule has 2 fully saturated rings. The summed E-state index contributed by atoms with van der Waals surface area (Å²) in [5, 5.41) is 11.6. The van der Waals surface area contributed by atoms with Crippen LogP contribution in [0.2, 0.25) is 0 Å². The maximum Gasteiger partial charge on any atom is 0.295 e. The average molecular weight is 599 g/mol. The molecular formula is C35H38N2O7. The second kappa shape index (κ2) is 13.1. The van der Waals surface area contributed by atoms with Crippen LogP contribution in [-0.2, 0) is 27.4 Å². The smallest absolute Gasteiger partial charge is 0.295 e. The predicted octanol–water partition coefficient (Wildman–Crippen LogP) is 4.74. The molecule has 0 spiro atoms. The van der Waals surface area contributed by atoms with Gasteiger partial charge in [0.2, 0.25) is 0 Å². The number of rotatable bonds is 10. The first-order chi connectivity index (χ1) is 21.4. The van der Waals surface area contributed by atoms with Gasteiger partial charge in [-0.05, 0) is 60.4 Å². The first kappa shape index (κ1) is 29.7. The van der Waals surface area contributed by atoms with Crippen LogP contribution in [0.3, 0.4) is 0 Å².